The van der Waals surface area contributed by atoms with Gasteiger partial charge in [0.25, 0.3) is 0 Å². The molecule has 16 N–H and O–H groups in total. The molecule has 30 saturated heterocycles. The number of aliphatic hydroxyl groups is 16. The van der Waals surface area contributed by atoms with Gasteiger partial charge in [0, 0.05) is 42.6 Å². The topological polar surface area (TPSA) is 471 Å². The van der Waals surface area contributed by atoms with E-state index in [4.69, 9.17) is 75.8 Å². The molecule has 40 atom stereocenters. The first-order chi connectivity index (χ1) is 41.9. The highest BCUT2D eigenvalue weighted by Gasteiger charge is 2.60. The molecule has 0 saturated carbocycles. The van der Waals surface area contributed by atoms with Gasteiger partial charge in [0.05, 0.1) is 48.8 Å². The Morgan fingerprint density at radius 3 is 0.318 bits per heavy atom. The van der Waals surface area contributed by atoms with E-state index in [-0.39, 0.29) is 42.6 Å². The van der Waals surface area contributed by atoms with Gasteiger partial charge >= 0.3 is 0 Å². The average molecular weight is 1800 g/mol. The number of halogens is 8. The number of ether oxygens (including phenoxy) is 16. The summed E-state index contributed by atoms with van der Waals surface area (Å²) < 4.78 is 96.6. The highest BCUT2D eigenvalue weighted by atomic mass is 79.9. The second kappa shape index (κ2) is 32.7. The summed E-state index contributed by atoms with van der Waals surface area (Å²) in [7, 11) is 0. The summed E-state index contributed by atoms with van der Waals surface area (Å²) in [6.07, 6.45) is -67.7. The third-order valence-corrected chi connectivity index (χ3v) is 21.8. The maximum atomic E-state index is 11.6. The minimum Gasteiger partial charge on any atom is -0.387 e. The van der Waals surface area contributed by atoms with E-state index in [1.807, 2.05) is 0 Å². The van der Waals surface area contributed by atoms with E-state index >= 15 is 0 Å². The Balaban J connectivity index is 0.975. The summed E-state index contributed by atoms with van der Waals surface area (Å²) >= 11 is 26.4. The third-order valence-electron chi connectivity index (χ3n) is 16.7. The zero-order chi connectivity index (χ0) is 64.1. The Labute approximate surface area is 568 Å². The van der Waals surface area contributed by atoms with Crippen LogP contribution in [0.4, 0.5) is 0 Å². The van der Waals surface area contributed by atoms with Crippen molar-refractivity contribution < 1.29 is 157 Å². The Kier molecular flexibility index (Phi) is 27.8. The Hall–Kier alpha value is 2.56. The second-order valence-corrected chi connectivity index (χ2v) is 27.4. The maximum Gasteiger partial charge on any atom is 0.187 e. The van der Waals surface area contributed by atoms with Gasteiger partial charge in [0.15, 0.2) is 50.3 Å². The van der Waals surface area contributed by atoms with Gasteiger partial charge in [-0.3, -0.25) is 0 Å². The fraction of sp³-hybridized carbons (Fsp3) is 1.00. The fourth-order valence-electron chi connectivity index (χ4n) is 11.7. The van der Waals surface area contributed by atoms with Crippen LogP contribution >= 0.6 is 127 Å². The lowest BCUT2D eigenvalue weighted by atomic mass is 9.95. The van der Waals surface area contributed by atoms with Gasteiger partial charge in [-0.1, -0.05) is 127 Å². The van der Waals surface area contributed by atoms with Crippen molar-refractivity contribution in [3.63, 3.8) is 0 Å². The second-order valence-electron chi connectivity index (χ2n) is 22.2. The summed E-state index contributed by atoms with van der Waals surface area (Å²) in [4.78, 5) is 0. The predicted octanol–water partition coefficient (Wildman–Crippen LogP) is -6.19. The molecular formula is C48H72Br8O32. The van der Waals surface area contributed by atoms with Crippen LogP contribution in [-0.4, -0.2) is 370 Å². The highest BCUT2D eigenvalue weighted by Crippen LogP contribution is 2.41. The van der Waals surface area contributed by atoms with Crippen LogP contribution in [0.1, 0.15) is 0 Å². The molecule has 0 amide bonds. The van der Waals surface area contributed by atoms with Gasteiger partial charge in [-0.2, -0.15) is 0 Å². The third kappa shape index (κ3) is 15.3. The lowest BCUT2D eigenvalue weighted by Gasteiger charge is -2.50. The number of rotatable bonds is 8. The average Bonchev–Trinajstić information content (AvgIpc) is 0.980. The lowest BCUT2D eigenvalue weighted by molar-refractivity contribution is -0.396. The Morgan fingerprint density at radius 1 is 0.148 bits per heavy atom. The highest BCUT2D eigenvalue weighted by molar-refractivity contribution is 9.10. The molecule has 30 fully saturated rings. The van der Waals surface area contributed by atoms with Crippen molar-refractivity contribution in [2.45, 2.75) is 246 Å². The van der Waals surface area contributed by atoms with Crippen molar-refractivity contribution in [2.75, 3.05) is 42.6 Å². The molecule has 16 bridgehead atoms. The van der Waals surface area contributed by atoms with Crippen molar-refractivity contribution in [2.24, 2.45) is 0 Å². The largest absolute Gasteiger partial charge is 0.387 e. The summed E-state index contributed by atoms with van der Waals surface area (Å²) in [5.41, 5.74) is 0. The number of hydrogen-bond acceptors (Lipinski definition) is 32. The number of aliphatic hydroxyl groups excluding tert-OH is 16. The Bertz CT molecular complexity index is 1730. The van der Waals surface area contributed by atoms with Crippen LogP contribution < -0.4 is 0 Å². The molecular weight excluding hydrogens is 1730 g/mol. The van der Waals surface area contributed by atoms with Gasteiger partial charge in [0.1, 0.15) is 146 Å². The minimum atomic E-state index is -1.99. The van der Waals surface area contributed by atoms with Crippen LogP contribution in [0, 0.1) is 0 Å². The van der Waals surface area contributed by atoms with Gasteiger partial charge in [0.2, 0.25) is 0 Å². The van der Waals surface area contributed by atoms with Crippen LogP contribution in [0.3, 0.4) is 0 Å². The van der Waals surface area contributed by atoms with Crippen LogP contribution in [0.2, 0.25) is 0 Å². The van der Waals surface area contributed by atoms with Crippen molar-refractivity contribution in [1.29, 1.82) is 0 Å². The van der Waals surface area contributed by atoms with E-state index in [1.165, 1.54) is 0 Å². The number of hydrogen-bond donors (Lipinski definition) is 16. The van der Waals surface area contributed by atoms with Crippen molar-refractivity contribution in [3.8, 4) is 0 Å². The molecule has 32 nitrogen and oxygen atoms in total. The molecule has 0 aromatic carbocycles. The van der Waals surface area contributed by atoms with Crippen molar-refractivity contribution in [3.05, 3.63) is 0 Å². The lowest BCUT2D eigenvalue weighted by Crippen LogP contribution is -2.68. The molecule has 0 aromatic rings. The molecule has 0 radical (unpaired) electrons. The zero-order valence-corrected chi connectivity index (χ0v) is 58.1. The summed E-state index contributed by atoms with van der Waals surface area (Å²) in [6.45, 7) is 0. The molecule has 512 valence electrons. The van der Waals surface area contributed by atoms with E-state index in [9.17, 15) is 81.7 Å². The molecule has 88 heavy (non-hydrogen) atoms. The van der Waals surface area contributed by atoms with E-state index in [0.29, 0.717) is 0 Å². The zero-order valence-electron chi connectivity index (χ0n) is 45.5. The molecule has 30 aliphatic heterocycles. The summed E-state index contributed by atoms with van der Waals surface area (Å²) in [6, 6.07) is 0. The van der Waals surface area contributed by atoms with Gasteiger partial charge < -0.3 is 157 Å². The van der Waals surface area contributed by atoms with E-state index < -0.39 is 246 Å². The Morgan fingerprint density at radius 2 is 0.239 bits per heavy atom. The molecule has 30 rings (SSSR count). The first-order valence-corrected chi connectivity index (χ1v) is 36.7. The molecule has 0 aliphatic carbocycles. The van der Waals surface area contributed by atoms with Gasteiger partial charge in [-0.15, -0.1) is 0 Å². The van der Waals surface area contributed by atoms with Crippen LogP contribution in [0.15, 0.2) is 0 Å². The first kappa shape index (κ1) is 74.8. The molecule has 16 unspecified atom stereocenters. The maximum absolute atomic E-state index is 11.6. The summed E-state index contributed by atoms with van der Waals surface area (Å²) in [5, 5.41) is 184. The molecule has 40 heteroatoms. The standard InChI is InChI=1S/C48H72Br8O32/c49-1-9-33-17(57)25(65)41(73-9)82-34-10(2-50)75-43(27(67)19(34)59)84-36-12(4-52)77-45(29(69)21(36)61)86-38-14(6-54)79-47(31(71)23(38)63)88-40-16(8-56)80-48(32(72)24(40)64)87-39-15(7-55)78-46(30(70)22(39)62)85-37-13(5-53)76-44(28(68)20(37)60)83-35-11(3-51)74-42(81-33)26(66)18(35)58/h9-48,57-72H,1-8H2/t9?,10?,11?,12?,13?,14?,15?,16?,17-,18-,19-,20-,21+,22+,23+,24-,25?,26?,27?,28?,29?,30?,31?,32?,33-,34-,35-,36-,37-,38-,39-,40-,41-,42-,43-,44-,45-,46-,47-,48-/m1/s1. The van der Waals surface area contributed by atoms with Crippen LogP contribution in [0.5, 0.6) is 0 Å². The van der Waals surface area contributed by atoms with Crippen molar-refractivity contribution in [1.82, 2.24) is 0 Å². The molecule has 0 aromatic heterocycles. The fourth-order valence-corrected chi connectivity index (χ4v) is 15.9. The summed E-state index contributed by atoms with van der Waals surface area (Å²) in [5.74, 6) is 0. The minimum absolute atomic E-state index is 0.130. The normalized spacial score (nSPS) is 55.4. The van der Waals surface area contributed by atoms with Gasteiger partial charge in [-0.05, 0) is 0 Å². The predicted molar refractivity (Wildman–Crippen MR) is 315 cm³/mol. The van der Waals surface area contributed by atoms with E-state index in [1.54, 1.807) is 0 Å². The number of alkyl halides is 8. The molecule has 0 spiro atoms. The molecule has 30 aliphatic rings. The molecule has 30 heterocycles. The van der Waals surface area contributed by atoms with Crippen molar-refractivity contribution >= 4 is 127 Å². The van der Waals surface area contributed by atoms with E-state index in [2.05, 4.69) is 127 Å². The quantitative estimate of drug-likeness (QED) is 0.101. The van der Waals surface area contributed by atoms with Gasteiger partial charge in [-0.25, -0.2) is 0 Å². The van der Waals surface area contributed by atoms with Crippen LogP contribution in [0.25, 0.3) is 0 Å². The monoisotopic (exact) mass is 1790 g/mol. The van der Waals surface area contributed by atoms with Crippen LogP contribution in [-0.2, 0) is 75.8 Å². The SMILES string of the molecule is OC1[C@@H]2OC(CBr)[C@@H](O[C@H]3OC(CBr)[C@@H](O[C@H]4OC(CBr)[C@@H](O[C@H]5OC(CBr)[C@@H](O[C@H]6OC(CBr)[C@@H](O[C@H]7OC(CBr)[C@@H](O[C@H]8OC(CBr)[C@@H](O[C@H]9OC(CBr)[C@@H](O2)[C@H](O)C9O)[C@@H](O)C8O)[C@@H](O)C7O)[C@H](O)C6O)[C@@H](O)C5O)[C@H](O)C4O)[C@H](O)C3O)[C@@H]1O. The van der Waals surface area contributed by atoms with E-state index in [0.717, 1.165) is 0 Å². The first-order valence-electron chi connectivity index (χ1n) is 27.7. The smallest absolute Gasteiger partial charge is 0.187 e.